The molecule has 0 aliphatic rings. The molecule has 3 N–H and O–H groups in total. The van der Waals surface area contributed by atoms with Crippen LogP contribution in [-0.4, -0.2) is 9.78 Å². The van der Waals surface area contributed by atoms with Crippen LogP contribution in [0.15, 0.2) is 30.5 Å². The largest absolute Gasteiger partial charge is 0.397 e. The number of nitrogens with one attached hydrogen (secondary N) is 1. The first-order chi connectivity index (χ1) is 8.06. The fraction of sp³-hybridized carbons (Fsp3) is 0.250. The second kappa shape index (κ2) is 4.45. The maximum atomic E-state index is 13.1. The van der Waals surface area contributed by atoms with Gasteiger partial charge in [0.05, 0.1) is 11.4 Å². The lowest BCUT2D eigenvalue weighted by Crippen LogP contribution is -2.02. The number of hydrogen-bond acceptors (Lipinski definition) is 3. The van der Waals surface area contributed by atoms with Crippen molar-refractivity contribution in [2.75, 3.05) is 11.1 Å². The number of rotatable bonds is 3. The van der Waals surface area contributed by atoms with Gasteiger partial charge < -0.3 is 11.1 Å². The number of benzene rings is 1. The summed E-state index contributed by atoms with van der Waals surface area (Å²) in [6, 6.07) is 6.31. The maximum Gasteiger partial charge on any atom is 0.152 e. The second-order valence-corrected chi connectivity index (χ2v) is 4.13. The third-order valence-electron chi connectivity index (χ3n) is 2.42. The molecule has 1 heterocycles. The average Bonchev–Trinajstić information content (AvgIpc) is 2.72. The number of nitrogens with zero attached hydrogens (tertiary/aromatic N) is 2. The SMILES string of the molecule is CC(C)n1ccc(Nc2cc(F)ccc2N)n1. The molecule has 1 aromatic heterocycles. The topological polar surface area (TPSA) is 55.9 Å². The summed E-state index contributed by atoms with van der Waals surface area (Å²) in [5.41, 5.74) is 6.76. The van der Waals surface area contributed by atoms with E-state index in [1.54, 1.807) is 0 Å². The van der Waals surface area contributed by atoms with Gasteiger partial charge in [-0.25, -0.2) is 4.39 Å². The Labute approximate surface area is 99.2 Å². The smallest absolute Gasteiger partial charge is 0.152 e. The molecule has 0 saturated carbocycles. The van der Waals surface area contributed by atoms with E-state index in [0.29, 0.717) is 17.2 Å². The maximum absolute atomic E-state index is 13.1. The monoisotopic (exact) mass is 234 g/mol. The molecule has 0 spiro atoms. The van der Waals surface area contributed by atoms with Crippen LogP contribution in [0.2, 0.25) is 0 Å². The van der Waals surface area contributed by atoms with Crippen LogP contribution < -0.4 is 11.1 Å². The van der Waals surface area contributed by atoms with Crippen molar-refractivity contribution >= 4 is 17.2 Å². The second-order valence-electron chi connectivity index (χ2n) is 4.13. The van der Waals surface area contributed by atoms with E-state index in [-0.39, 0.29) is 11.9 Å². The molecule has 0 saturated heterocycles. The summed E-state index contributed by atoms with van der Waals surface area (Å²) < 4.78 is 14.9. The predicted molar refractivity (Wildman–Crippen MR) is 66.7 cm³/mol. The Morgan fingerprint density at radius 3 is 2.76 bits per heavy atom. The Hall–Kier alpha value is -2.04. The van der Waals surface area contributed by atoms with Crippen molar-refractivity contribution in [3.05, 3.63) is 36.3 Å². The Balaban J connectivity index is 2.22. The van der Waals surface area contributed by atoms with Crippen LogP contribution in [0.5, 0.6) is 0 Å². The molecule has 0 atom stereocenters. The first-order valence-electron chi connectivity index (χ1n) is 5.43. The fourth-order valence-electron chi connectivity index (χ4n) is 1.47. The number of anilines is 3. The van der Waals surface area contributed by atoms with Gasteiger partial charge in [-0.2, -0.15) is 5.10 Å². The lowest BCUT2D eigenvalue weighted by Gasteiger charge is -2.07. The number of nitrogens with two attached hydrogens (primary N) is 1. The molecule has 90 valence electrons. The molecule has 0 bridgehead atoms. The molecule has 17 heavy (non-hydrogen) atoms. The van der Waals surface area contributed by atoms with Crippen molar-refractivity contribution in [1.29, 1.82) is 0 Å². The van der Waals surface area contributed by atoms with E-state index >= 15 is 0 Å². The Kier molecular flexibility index (Phi) is 2.99. The molecule has 2 aromatic rings. The van der Waals surface area contributed by atoms with Gasteiger partial charge in [-0.05, 0) is 32.0 Å². The third-order valence-corrected chi connectivity index (χ3v) is 2.42. The van der Waals surface area contributed by atoms with E-state index in [4.69, 9.17) is 5.73 Å². The van der Waals surface area contributed by atoms with Gasteiger partial charge >= 0.3 is 0 Å². The number of hydrogen-bond donors (Lipinski definition) is 2. The minimum Gasteiger partial charge on any atom is -0.397 e. The molecule has 0 unspecified atom stereocenters. The summed E-state index contributed by atoms with van der Waals surface area (Å²) in [5, 5.41) is 7.29. The van der Waals surface area contributed by atoms with Crippen LogP contribution >= 0.6 is 0 Å². The Bertz CT molecular complexity index is 519. The van der Waals surface area contributed by atoms with E-state index in [0.717, 1.165) is 0 Å². The van der Waals surface area contributed by atoms with Crippen molar-refractivity contribution in [3.63, 3.8) is 0 Å². The van der Waals surface area contributed by atoms with Gasteiger partial charge in [-0.15, -0.1) is 0 Å². The predicted octanol–water partition coefficient (Wildman–Crippen LogP) is 2.93. The zero-order valence-electron chi connectivity index (χ0n) is 9.81. The molecule has 2 rings (SSSR count). The van der Waals surface area contributed by atoms with Crippen LogP contribution in [0, 0.1) is 5.82 Å². The zero-order chi connectivity index (χ0) is 12.4. The molecule has 0 amide bonds. The van der Waals surface area contributed by atoms with Crippen LogP contribution in [0.3, 0.4) is 0 Å². The normalized spacial score (nSPS) is 10.8. The van der Waals surface area contributed by atoms with Gasteiger partial charge in [-0.3, -0.25) is 4.68 Å². The molecule has 5 heteroatoms. The van der Waals surface area contributed by atoms with Gasteiger partial charge in [0.15, 0.2) is 5.82 Å². The van der Waals surface area contributed by atoms with Crippen LogP contribution in [-0.2, 0) is 0 Å². The third kappa shape index (κ3) is 2.55. The summed E-state index contributed by atoms with van der Waals surface area (Å²) in [7, 11) is 0. The van der Waals surface area contributed by atoms with Gasteiger partial charge in [0, 0.05) is 18.3 Å². The fourth-order valence-corrected chi connectivity index (χ4v) is 1.47. The number of nitrogen functional groups attached to an aromatic ring is 1. The molecule has 0 radical (unpaired) electrons. The summed E-state index contributed by atoms with van der Waals surface area (Å²) >= 11 is 0. The van der Waals surface area contributed by atoms with Gasteiger partial charge in [0.2, 0.25) is 0 Å². The van der Waals surface area contributed by atoms with Crippen molar-refractivity contribution < 1.29 is 4.39 Å². The van der Waals surface area contributed by atoms with E-state index in [2.05, 4.69) is 10.4 Å². The van der Waals surface area contributed by atoms with E-state index in [1.807, 2.05) is 30.8 Å². The lowest BCUT2D eigenvalue weighted by molar-refractivity contribution is 0.534. The first-order valence-corrected chi connectivity index (χ1v) is 5.43. The molecule has 0 fully saturated rings. The molecule has 1 aromatic carbocycles. The van der Waals surface area contributed by atoms with Crippen molar-refractivity contribution in [3.8, 4) is 0 Å². The van der Waals surface area contributed by atoms with Crippen LogP contribution in [0.1, 0.15) is 19.9 Å². The average molecular weight is 234 g/mol. The van der Waals surface area contributed by atoms with E-state index in [1.165, 1.54) is 18.2 Å². The van der Waals surface area contributed by atoms with Crippen molar-refractivity contribution in [2.24, 2.45) is 0 Å². The highest BCUT2D eigenvalue weighted by atomic mass is 19.1. The first kappa shape index (κ1) is 11.4. The Morgan fingerprint density at radius 2 is 2.12 bits per heavy atom. The zero-order valence-corrected chi connectivity index (χ0v) is 9.81. The highest BCUT2D eigenvalue weighted by molar-refractivity contribution is 5.70. The van der Waals surface area contributed by atoms with Gasteiger partial charge in [0.1, 0.15) is 5.82 Å². The molecular formula is C12H15FN4. The summed E-state index contributed by atoms with van der Waals surface area (Å²) in [5.74, 6) is 0.320. The van der Waals surface area contributed by atoms with Crippen LogP contribution in [0.4, 0.5) is 21.6 Å². The van der Waals surface area contributed by atoms with Crippen molar-refractivity contribution in [2.45, 2.75) is 19.9 Å². The lowest BCUT2D eigenvalue weighted by atomic mass is 10.2. The highest BCUT2D eigenvalue weighted by Crippen LogP contribution is 2.23. The van der Waals surface area contributed by atoms with Crippen LogP contribution in [0.25, 0.3) is 0 Å². The van der Waals surface area contributed by atoms with Gasteiger partial charge in [0.25, 0.3) is 0 Å². The number of aromatic nitrogens is 2. The molecular weight excluding hydrogens is 219 g/mol. The standard InChI is InChI=1S/C12H15FN4/c1-8(2)17-6-5-12(16-17)15-11-7-9(13)3-4-10(11)14/h3-8H,14H2,1-2H3,(H,15,16). The minimum absolute atomic E-state index is 0.287. The number of halogens is 1. The Morgan fingerprint density at radius 1 is 1.35 bits per heavy atom. The molecule has 4 nitrogen and oxygen atoms in total. The van der Waals surface area contributed by atoms with E-state index < -0.39 is 0 Å². The summed E-state index contributed by atoms with van der Waals surface area (Å²) in [6.07, 6.45) is 1.86. The molecule has 0 aliphatic heterocycles. The minimum atomic E-state index is -0.329. The summed E-state index contributed by atoms with van der Waals surface area (Å²) in [4.78, 5) is 0. The van der Waals surface area contributed by atoms with Gasteiger partial charge in [-0.1, -0.05) is 0 Å². The van der Waals surface area contributed by atoms with E-state index in [9.17, 15) is 4.39 Å². The molecule has 0 aliphatic carbocycles. The summed E-state index contributed by atoms with van der Waals surface area (Å²) in [6.45, 7) is 4.07. The quantitative estimate of drug-likeness (QED) is 0.803. The highest BCUT2D eigenvalue weighted by Gasteiger charge is 2.05. The van der Waals surface area contributed by atoms with Crippen molar-refractivity contribution in [1.82, 2.24) is 9.78 Å².